The van der Waals surface area contributed by atoms with E-state index in [4.69, 9.17) is 16.3 Å². The van der Waals surface area contributed by atoms with Crippen LogP contribution in [0, 0.1) is 0 Å². The lowest BCUT2D eigenvalue weighted by atomic mass is 10.2. The highest BCUT2D eigenvalue weighted by atomic mass is 35.5. The summed E-state index contributed by atoms with van der Waals surface area (Å²) in [5.41, 5.74) is 0.359. The number of benzene rings is 1. The van der Waals surface area contributed by atoms with Gasteiger partial charge in [-0.25, -0.2) is 8.42 Å². The van der Waals surface area contributed by atoms with Crippen molar-refractivity contribution in [2.75, 3.05) is 43.3 Å². The Morgan fingerprint density at radius 1 is 1.35 bits per heavy atom. The molecule has 2 aliphatic heterocycles. The number of fused-ring (bicyclic) bond motifs is 1. The van der Waals surface area contributed by atoms with E-state index in [0.29, 0.717) is 23.0 Å². The molecule has 0 bridgehead atoms. The van der Waals surface area contributed by atoms with Gasteiger partial charge in [0.05, 0.1) is 18.5 Å². The molecule has 0 unspecified atom stereocenters. The van der Waals surface area contributed by atoms with Crippen molar-refractivity contribution in [1.82, 2.24) is 10.2 Å². The van der Waals surface area contributed by atoms with Crippen molar-refractivity contribution in [3.05, 3.63) is 23.2 Å². The number of halogens is 1. The molecule has 0 aromatic heterocycles. The van der Waals surface area contributed by atoms with Gasteiger partial charge in [-0.1, -0.05) is 11.6 Å². The van der Waals surface area contributed by atoms with Crippen LogP contribution in [0.1, 0.15) is 19.3 Å². The third-order valence-electron chi connectivity index (χ3n) is 4.63. The summed E-state index contributed by atoms with van der Waals surface area (Å²) in [7, 11) is -3.55. The summed E-state index contributed by atoms with van der Waals surface area (Å²) in [5, 5.41) is 3.26. The van der Waals surface area contributed by atoms with Crippen LogP contribution in [0.2, 0.25) is 5.02 Å². The average molecular weight is 402 g/mol. The maximum absolute atomic E-state index is 12.4. The Morgan fingerprint density at radius 3 is 2.77 bits per heavy atom. The topological polar surface area (TPSA) is 79.0 Å². The molecule has 0 saturated carbocycles. The van der Waals surface area contributed by atoms with Crippen LogP contribution in [-0.4, -0.2) is 64.3 Å². The number of sulfonamides is 1. The van der Waals surface area contributed by atoms with Crippen LogP contribution >= 0.6 is 11.6 Å². The maximum Gasteiger partial charge on any atom is 0.263 e. The molecule has 7 nitrogen and oxygen atoms in total. The highest BCUT2D eigenvalue weighted by molar-refractivity contribution is 7.92. The predicted octanol–water partition coefficient (Wildman–Crippen LogP) is 1.47. The fourth-order valence-electron chi connectivity index (χ4n) is 3.31. The van der Waals surface area contributed by atoms with Crippen LogP contribution < -0.4 is 14.4 Å². The quantitative estimate of drug-likeness (QED) is 0.730. The van der Waals surface area contributed by atoms with Gasteiger partial charge in [-0.05, 0) is 57.1 Å². The third kappa shape index (κ3) is 4.61. The highest BCUT2D eigenvalue weighted by Crippen LogP contribution is 2.37. The molecule has 26 heavy (non-hydrogen) atoms. The number of carbonyl (C=O) groups is 1. The second kappa shape index (κ2) is 8.02. The van der Waals surface area contributed by atoms with Gasteiger partial charge in [-0.3, -0.25) is 9.10 Å². The number of nitrogens with one attached hydrogen (secondary N) is 1. The normalized spacial score (nSPS) is 20.5. The lowest BCUT2D eigenvalue weighted by Gasteiger charge is -2.34. The van der Waals surface area contributed by atoms with E-state index in [1.165, 1.54) is 23.2 Å². The fourth-order valence-corrected chi connectivity index (χ4v) is 4.38. The molecule has 1 fully saturated rings. The number of hydrogen-bond acceptors (Lipinski definition) is 5. The standard InChI is InChI=1S/C17H24ClN3O4S/c1-26(23,24)21-12-16(25-15-6-5-13(18)11-14(15)21)17(22)19-7-4-10-20-8-2-3-9-20/h5-6,11,16H,2-4,7-10,12H2,1H3,(H,19,22)/t16-/m1/s1. The summed E-state index contributed by atoms with van der Waals surface area (Å²) in [6.45, 7) is 3.69. The van der Waals surface area contributed by atoms with Gasteiger partial charge in [-0.2, -0.15) is 0 Å². The Morgan fingerprint density at radius 2 is 2.08 bits per heavy atom. The number of nitrogens with zero attached hydrogens (tertiary/aromatic N) is 2. The summed E-state index contributed by atoms with van der Waals surface area (Å²) in [6, 6.07) is 4.72. The van der Waals surface area contributed by atoms with E-state index < -0.39 is 16.1 Å². The van der Waals surface area contributed by atoms with E-state index in [9.17, 15) is 13.2 Å². The molecule has 0 aliphatic carbocycles. The van der Waals surface area contributed by atoms with E-state index in [0.717, 1.165) is 32.3 Å². The Labute approximate surface area is 159 Å². The largest absolute Gasteiger partial charge is 0.476 e. The Hall–Kier alpha value is -1.51. The minimum Gasteiger partial charge on any atom is -0.476 e. The van der Waals surface area contributed by atoms with Crippen molar-refractivity contribution in [2.45, 2.75) is 25.4 Å². The van der Waals surface area contributed by atoms with Gasteiger partial charge in [0.1, 0.15) is 5.75 Å². The third-order valence-corrected chi connectivity index (χ3v) is 6.01. The van der Waals surface area contributed by atoms with E-state index in [2.05, 4.69) is 10.2 Å². The average Bonchev–Trinajstić information content (AvgIpc) is 3.10. The molecular formula is C17H24ClN3O4S. The summed E-state index contributed by atoms with van der Waals surface area (Å²) in [5.74, 6) is 0.0314. The molecule has 1 amide bonds. The first-order valence-electron chi connectivity index (χ1n) is 8.78. The number of anilines is 1. The molecule has 1 aromatic carbocycles. The van der Waals surface area contributed by atoms with Crippen molar-refractivity contribution in [3.63, 3.8) is 0 Å². The Kier molecular flexibility index (Phi) is 5.94. The molecule has 1 saturated heterocycles. The lowest BCUT2D eigenvalue weighted by molar-refractivity contribution is -0.127. The van der Waals surface area contributed by atoms with Crippen LogP contribution in [0.4, 0.5) is 5.69 Å². The summed E-state index contributed by atoms with van der Waals surface area (Å²) in [6.07, 6.45) is 3.57. The number of ether oxygens (including phenoxy) is 1. The Bertz CT molecular complexity index is 765. The van der Waals surface area contributed by atoms with Gasteiger partial charge >= 0.3 is 0 Å². The van der Waals surface area contributed by atoms with E-state index in [-0.39, 0.29) is 12.5 Å². The molecule has 1 aromatic rings. The second-order valence-corrected chi connectivity index (χ2v) is 9.05. The first-order chi connectivity index (χ1) is 12.3. The molecule has 144 valence electrons. The molecule has 0 radical (unpaired) electrons. The van der Waals surface area contributed by atoms with Crippen LogP contribution in [0.15, 0.2) is 18.2 Å². The monoisotopic (exact) mass is 401 g/mol. The zero-order chi connectivity index (χ0) is 18.7. The van der Waals surface area contributed by atoms with Gasteiger partial charge in [-0.15, -0.1) is 0 Å². The molecule has 2 heterocycles. The van der Waals surface area contributed by atoms with Gasteiger partial charge in [0, 0.05) is 11.6 Å². The zero-order valence-corrected chi connectivity index (χ0v) is 16.4. The summed E-state index contributed by atoms with van der Waals surface area (Å²) >= 11 is 5.97. The first-order valence-corrected chi connectivity index (χ1v) is 11.0. The van der Waals surface area contributed by atoms with Crippen molar-refractivity contribution < 1.29 is 17.9 Å². The highest BCUT2D eigenvalue weighted by Gasteiger charge is 2.35. The fraction of sp³-hybridized carbons (Fsp3) is 0.588. The maximum atomic E-state index is 12.4. The minimum atomic E-state index is -3.55. The van der Waals surface area contributed by atoms with Gasteiger partial charge in [0.15, 0.2) is 6.10 Å². The van der Waals surface area contributed by atoms with Gasteiger partial charge in [0.25, 0.3) is 5.91 Å². The number of rotatable bonds is 6. The second-order valence-electron chi connectivity index (χ2n) is 6.71. The SMILES string of the molecule is CS(=O)(=O)N1C[C@H](C(=O)NCCCN2CCCC2)Oc2ccc(Cl)cc21. The van der Waals surface area contributed by atoms with Gasteiger partial charge < -0.3 is 15.0 Å². The van der Waals surface area contributed by atoms with Crippen LogP contribution in [0.25, 0.3) is 0 Å². The molecule has 1 atom stereocenters. The van der Waals surface area contributed by atoms with Crippen molar-refractivity contribution in [3.8, 4) is 5.75 Å². The van der Waals surface area contributed by atoms with Crippen LogP contribution in [-0.2, 0) is 14.8 Å². The number of carbonyl (C=O) groups excluding carboxylic acids is 1. The predicted molar refractivity (Wildman–Crippen MR) is 101 cm³/mol. The number of likely N-dealkylation sites (tertiary alicyclic amines) is 1. The minimum absolute atomic E-state index is 0.0653. The number of amides is 1. The smallest absolute Gasteiger partial charge is 0.263 e. The van der Waals surface area contributed by atoms with Gasteiger partial charge in [0.2, 0.25) is 10.0 Å². The number of hydrogen-bond donors (Lipinski definition) is 1. The van der Waals surface area contributed by atoms with Crippen molar-refractivity contribution >= 4 is 33.2 Å². The van der Waals surface area contributed by atoms with Crippen molar-refractivity contribution in [2.24, 2.45) is 0 Å². The molecule has 3 rings (SSSR count). The van der Waals surface area contributed by atoms with E-state index in [1.807, 2.05) is 0 Å². The van der Waals surface area contributed by atoms with Crippen LogP contribution in [0.3, 0.4) is 0 Å². The molecular weight excluding hydrogens is 378 g/mol. The van der Waals surface area contributed by atoms with E-state index >= 15 is 0 Å². The molecule has 0 spiro atoms. The molecule has 2 aliphatic rings. The van der Waals surface area contributed by atoms with Crippen molar-refractivity contribution in [1.29, 1.82) is 0 Å². The first kappa shape index (κ1) is 19.3. The van der Waals surface area contributed by atoms with E-state index in [1.54, 1.807) is 12.1 Å². The molecule has 1 N–H and O–H groups in total. The summed E-state index contributed by atoms with van der Waals surface area (Å²) < 4.78 is 31.1. The lowest BCUT2D eigenvalue weighted by Crippen LogP contribution is -2.50. The molecule has 9 heteroatoms. The zero-order valence-electron chi connectivity index (χ0n) is 14.8. The van der Waals surface area contributed by atoms with Crippen LogP contribution in [0.5, 0.6) is 5.75 Å². The summed E-state index contributed by atoms with van der Waals surface area (Å²) in [4.78, 5) is 14.8. The Balaban J connectivity index is 1.61.